The van der Waals surface area contributed by atoms with E-state index in [0.717, 1.165) is 16.8 Å². The normalized spacial score (nSPS) is 13.2. The van der Waals surface area contributed by atoms with Crippen molar-refractivity contribution in [1.29, 1.82) is 0 Å². The van der Waals surface area contributed by atoms with Crippen molar-refractivity contribution in [3.8, 4) is 0 Å². The van der Waals surface area contributed by atoms with Crippen molar-refractivity contribution in [3.63, 3.8) is 0 Å². The van der Waals surface area contributed by atoms with Gasteiger partial charge in [0.15, 0.2) is 0 Å². The van der Waals surface area contributed by atoms with E-state index in [9.17, 15) is 4.79 Å². The molecule has 4 nitrogen and oxygen atoms in total. The number of allylic oxidation sites excluding steroid dienone is 3. The molecule has 3 aromatic rings. The van der Waals surface area contributed by atoms with Gasteiger partial charge in [-0.25, -0.2) is 0 Å². The number of benzene rings is 3. The molecule has 0 saturated heterocycles. The van der Waals surface area contributed by atoms with Crippen LogP contribution in [0.3, 0.4) is 0 Å². The Morgan fingerprint density at radius 3 is 2.13 bits per heavy atom. The van der Waals surface area contributed by atoms with Gasteiger partial charge in [0.1, 0.15) is 6.61 Å². The van der Waals surface area contributed by atoms with Gasteiger partial charge < -0.3 is 0 Å². The molecule has 0 N–H and O–H groups in total. The third-order valence-electron chi connectivity index (χ3n) is 4.90. The summed E-state index contributed by atoms with van der Waals surface area (Å²) in [5, 5.41) is 1.39. The lowest BCUT2D eigenvalue weighted by Crippen LogP contribution is -2.31. The number of carbonyl (C=O) groups excluding carboxylic acids is 1. The Balaban J connectivity index is 1.71. The molecule has 1 amide bonds. The summed E-state index contributed by atoms with van der Waals surface area (Å²) in [6.07, 6.45) is 7.09. The predicted molar refractivity (Wildman–Crippen MR) is 123 cm³/mol. The van der Waals surface area contributed by atoms with Crippen molar-refractivity contribution in [2.24, 2.45) is 4.99 Å². The second-order valence-corrected chi connectivity index (χ2v) is 7.17. The van der Waals surface area contributed by atoms with Crippen molar-refractivity contribution in [1.82, 2.24) is 5.06 Å². The van der Waals surface area contributed by atoms with Gasteiger partial charge in [-0.1, -0.05) is 84.9 Å². The number of amides is 1. The molecule has 0 bridgehead atoms. The molecule has 1 heterocycles. The third kappa shape index (κ3) is 5.44. The maximum absolute atomic E-state index is 13.5. The summed E-state index contributed by atoms with van der Waals surface area (Å²) in [5.74, 6) is -0.223. The van der Waals surface area contributed by atoms with Crippen molar-refractivity contribution in [3.05, 3.63) is 131 Å². The van der Waals surface area contributed by atoms with E-state index in [1.165, 1.54) is 5.06 Å². The topological polar surface area (TPSA) is 41.9 Å². The van der Waals surface area contributed by atoms with Crippen LogP contribution in [0.2, 0.25) is 0 Å². The minimum Gasteiger partial charge on any atom is -0.266 e. The molecule has 31 heavy (non-hydrogen) atoms. The minimum atomic E-state index is -0.223. The standard InChI is InChI=1S/C27H24N2O2/c30-27(24-16-8-3-9-17-24)29(31-21-23-14-6-2-7-15-23)26-18-10-11-19-28-25(26)20-22-12-4-1-5-13-22/h1-10,12-19H,11,20-21H2. The first-order valence-electron chi connectivity index (χ1n) is 10.3. The molecule has 4 rings (SSSR count). The van der Waals surface area contributed by atoms with Crippen molar-refractivity contribution in [2.45, 2.75) is 19.4 Å². The number of hydrogen-bond acceptors (Lipinski definition) is 3. The molecule has 0 aliphatic carbocycles. The molecule has 0 atom stereocenters. The fourth-order valence-electron chi connectivity index (χ4n) is 3.32. The molecule has 154 valence electrons. The van der Waals surface area contributed by atoms with E-state index in [2.05, 4.69) is 17.1 Å². The summed E-state index contributed by atoms with van der Waals surface area (Å²) < 4.78 is 0. The Labute approximate surface area is 182 Å². The summed E-state index contributed by atoms with van der Waals surface area (Å²) in [6, 6.07) is 29.1. The second kappa shape index (κ2) is 10.3. The minimum absolute atomic E-state index is 0.223. The van der Waals surface area contributed by atoms with E-state index in [1.807, 2.05) is 85.1 Å². The summed E-state index contributed by atoms with van der Waals surface area (Å²) in [6.45, 7) is 0.277. The molecule has 4 heteroatoms. The lowest BCUT2D eigenvalue weighted by atomic mass is 10.1. The summed E-state index contributed by atoms with van der Waals surface area (Å²) in [4.78, 5) is 24.2. The van der Waals surface area contributed by atoms with Crippen LogP contribution < -0.4 is 0 Å². The van der Waals surface area contributed by atoms with Crippen LogP contribution >= 0.6 is 0 Å². The van der Waals surface area contributed by atoms with E-state index < -0.39 is 0 Å². The number of rotatable bonds is 7. The fourth-order valence-corrected chi connectivity index (χ4v) is 3.32. The molecule has 3 aromatic carbocycles. The number of aliphatic imine (C=N–C) groups is 1. The lowest BCUT2D eigenvalue weighted by molar-refractivity contribution is -0.107. The van der Waals surface area contributed by atoms with Crippen LogP contribution in [0.1, 0.15) is 27.9 Å². The van der Waals surface area contributed by atoms with E-state index in [4.69, 9.17) is 4.84 Å². The van der Waals surface area contributed by atoms with Gasteiger partial charge >= 0.3 is 0 Å². The molecule has 0 radical (unpaired) electrons. The van der Waals surface area contributed by atoms with Crippen LogP contribution in [0.4, 0.5) is 0 Å². The first-order chi connectivity index (χ1) is 15.3. The highest BCUT2D eigenvalue weighted by atomic mass is 16.7. The summed E-state index contributed by atoms with van der Waals surface area (Å²) in [5.41, 5.74) is 4.11. The monoisotopic (exact) mass is 408 g/mol. The van der Waals surface area contributed by atoms with Gasteiger partial charge in [-0.15, -0.1) is 0 Å². The Hall–Kier alpha value is -3.76. The smallest absolute Gasteiger partial charge is 0.266 e. The number of nitrogens with zero attached hydrogens (tertiary/aromatic N) is 2. The molecule has 0 saturated carbocycles. The predicted octanol–water partition coefficient (Wildman–Crippen LogP) is 5.75. The first kappa shape index (κ1) is 20.5. The second-order valence-electron chi connectivity index (χ2n) is 7.17. The highest BCUT2D eigenvalue weighted by molar-refractivity contribution is 5.95. The Morgan fingerprint density at radius 2 is 1.45 bits per heavy atom. The van der Waals surface area contributed by atoms with Crippen LogP contribution in [-0.4, -0.2) is 17.2 Å². The van der Waals surface area contributed by atoms with Crippen LogP contribution in [0.25, 0.3) is 0 Å². The molecular formula is C27H24N2O2. The SMILES string of the molecule is O=C(c1ccccc1)N(OCc1ccccc1)C1=C(Cc2ccccc2)N=CCC=C1. The van der Waals surface area contributed by atoms with Crippen molar-refractivity contribution >= 4 is 12.1 Å². The van der Waals surface area contributed by atoms with Crippen molar-refractivity contribution < 1.29 is 9.63 Å². The zero-order chi connectivity index (χ0) is 21.3. The van der Waals surface area contributed by atoms with Crippen LogP contribution in [0.5, 0.6) is 0 Å². The van der Waals surface area contributed by atoms with Crippen LogP contribution in [0.15, 0.2) is 120 Å². The van der Waals surface area contributed by atoms with E-state index >= 15 is 0 Å². The Bertz CT molecular complexity index is 1090. The van der Waals surface area contributed by atoms with Gasteiger partial charge in [-0.05, 0) is 29.3 Å². The number of hydroxylamine groups is 2. The van der Waals surface area contributed by atoms with Gasteiger partial charge in [-0.2, -0.15) is 5.06 Å². The van der Waals surface area contributed by atoms with Crippen LogP contribution in [0, 0.1) is 0 Å². The number of carbonyl (C=O) groups is 1. The lowest BCUT2D eigenvalue weighted by Gasteiger charge is -2.24. The van der Waals surface area contributed by atoms with Gasteiger partial charge in [0, 0.05) is 24.6 Å². The number of hydrogen-bond donors (Lipinski definition) is 0. The molecule has 0 spiro atoms. The quantitative estimate of drug-likeness (QED) is 0.468. The highest BCUT2D eigenvalue weighted by Gasteiger charge is 2.23. The molecule has 1 aliphatic heterocycles. The van der Waals surface area contributed by atoms with Gasteiger partial charge in [-0.3, -0.25) is 14.6 Å². The largest absolute Gasteiger partial charge is 0.282 e. The first-order valence-corrected chi connectivity index (χ1v) is 10.3. The molecule has 0 fully saturated rings. The van der Waals surface area contributed by atoms with E-state index in [1.54, 1.807) is 12.1 Å². The average molecular weight is 409 g/mol. The van der Waals surface area contributed by atoms with Crippen LogP contribution in [-0.2, 0) is 17.9 Å². The van der Waals surface area contributed by atoms with E-state index in [-0.39, 0.29) is 12.5 Å². The zero-order valence-electron chi connectivity index (χ0n) is 17.2. The fraction of sp³-hybridized carbons (Fsp3) is 0.111. The highest BCUT2D eigenvalue weighted by Crippen LogP contribution is 2.24. The van der Waals surface area contributed by atoms with Gasteiger partial charge in [0.2, 0.25) is 0 Å². The average Bonchev–Trinajstić information content (AvgIpc) is 3.06. The maximum atomic E-state index is 13.5. The molecular weight excluding hydrogens is 384 g/mol. The maximum Gasteiger partial charge on any atom is 0.282 e. The van der Waals surface area contributed by atoms with Gasteiger partial charge in [0.25, 0.3) is 5.91 Å². The molecule has 0 aromatic heterocycles. The Morgan fingerprint density at radius 1 is 0.839 bits per heavy atom. The van der Waals surface area contributed by atoms with E-state index in [0.29, 0.717) is 24.1 Å². The Kier molecular flexibility index (Phi) is 6.83. The summed E-state index contributed by atoms with van der Waals surface area (Å²) >= 11 is 0. The zero-order valence-corrected chi connectivity index (χ0v) is 17.2. The third-order valence-corrected chi connectivity index (χ3v) is 4.90. The van der Waals surface area contributed by atoms with Gasteiger partial charge in [0.05, 0.1) is 11.4 Å². The summed E-state index contributed by atoms with van der Waals surface area (Å²) in [7, 11) is 0. The van der Waals surface area contributed by atoms with Crippen molar-refractivity contribution in [2.75, 3.05) is 0 Å². The molecule has 1 aliphatic rings. The molecule has 0 unspecified atom stereocenters.